The summed E-state index contributed by atoms with van der Waals surface area (Å²) < 4.78 is 11.2. The van der Waals surface area contributed by atoms with E-state index >= 15 is 0 Å². The van der Waals surface area contributed by atoms with Crippen LogP contribution in [0, 0.1) is 26.2 Å². The number of methoxy groups -OCH3 is 1. The highest BCUT2D eigenvalue weighted by atomic mass is 16.5. The summed E-state index contributed by atoms with van der Waals surface area (Å²) in [7, 11) is 1.63. The molecule has 0 saturated heterocycles. The number of anilines is 3. The van der Waals surface area contributed by atoms with Gasteiger partial charge in [0.05, 0.1) is 12.8 Å². The van der Waals surface area contributed by atoms with Crippen LogP contribution >= 0.6 is 0 Å². The Balaban J connectivity index is 1.67. The van der Waals surface area contributed by atoms with Gasteiger partial charge in [0.15, 0.2) is 11.7 Å². The first kappa shape index (κ1) is 22.5. The Kier molecular flexibility index (Phi) is 5.93. The van der Waals surface area contributed by atoms with Crippen LogP contribution in [-0.2, 0) is 0 Å². The summed E-state index contributed by atoms with van der Waals surface area (Å²) in [5.41, 5.74) is 4.27. The Bertz CT molecular complexity index is 1310. The van der Waals surface area contributed by atoms with E-state index in [9.17, 15) is 0 Å². The van der Waals surface area contributed by atoms with Gasteiger partial charge in [-0.1, -0.05) is 26.8 Å². The van der Waals surface area contributed by atoms with E-state index in [1.54, 1.807) is 7.11 Å². The Morgan fingerprint density at radius 2 is 1.82 bits per heavy atom. The number of fused-ring (bicyclic) bond motifs is 1. The molecule has 0 fully saturated rings. The number of benzene rings is 1. The fourth-order valence-electron chi connectivity index (χ4n) is 3.56. The van der Waals surface area contributed by atoms with Gasteiger partial charge < -0.3 is 19.8 Å². The zero-order chi connectivity index (χ0) is 23.8. The van der Waals surface area contributed by atoms with Crippen LogP contribution < -0.4 is 15.4 Å². The maximum atomic E-state index is 5.63. The molecular formula is C25H30N6O2. The molecule has 0 atom stereocenters. The summed E-state index contributed by atoms with van der Waals surface area (Å²) in [6.07, 6.45) is 1.81. The zero-order valence-corrected chi connectivity index (χ0v) is 20.2. The Morgan fingerprint density at radius 1 is 1.03 bits per heavy atom. The summed E-state index contributed by atoms with van der Waals surface area (Å²) in [6, 6.07) is 7.81. The summed E-state index contributed by atoms with van der Waals surface area (Å²) in [6.45, 7) is 13.0. The Labute approximate surface area is 193 Å². The normalized spacial score (nSPS) is 11.6. The van der Waals surface area contributed by atoms with Gasteiger partial charge >= 0.3 is 0 Å². The molecule has 172 valence electrons. The molecule has 3 aromatic heterocycles. The van der Waals surface area contributed by atoms with Gasteiger partial charge in [0, 0.05) is 36.3 Å². The first-order valence-electron chi connectivity index (χ1n) is 10.9. The number of oxazole rings is 1. The highest BCUT2D eigenvalue weighted by Gasteiger charge is 2.15. The monoisotopic (exact) mass is 446 g/mol. The second-order valence-electron chi connectivity index (χ2n) is 9.34. The Hall–Kier alpha value is -3.68. The number of aryl methyl sites for hydroxylation is 3. The number of nitrogens with one attached hydrogen (secondary N) is 2. The Morgan fingerprint density at radius 3 is 2.48 bits per heavy atom. The van der Waals surface area contributed by atoms with Crippen molar-refractivity contribution in [3.63, 3.8) is 0 Å². The van der Waals surface area contributed by atoms with Crippen molar-refractivity contribution in [2.45, 2.75) is 41.5 Å². The lowest BCUT2D eigenvalue weighted by molar-refractivity contribution is 0.417. The zero-order valence-electron chi connectivity index (χ0n) is 20.2. The van der Waals surface area contributed by atoms with Crippen LogP contribution in [0.25, 0.3) is 22.2 Å². The fraction of sp³-hybridized carbons (Fsp3) is 0.360. The van der Waals surface area contributed by atoms with Crippen LogP contribution in [0.4, 0.5) is 17.5 Å². The predicted octanol–water partition coefficient (Wildman–Crippen LogP) is 5.82. The fourth-order valence-corrected chi connectivity index (χ4v) is 3.56. The molecule has 4 rings (SSSR count). The average Bonchev–Trinajstić information content (AvgIpc) is 3.09. The van der Waals surface area contributed by atoms with Gasteiger partial charge in [-0.3, -0.25) is 0 Å². The third-order valence-electron chi connectivity index (χ3n) is 5.11. The third kappa shape index (κ3) is 5.05. The first-order valence-corrected chi connectivity index (χ1v) is 10.9. The van der Waals surface area contributed by atoms with E-state index in [0.29, 0.717) is 17.6 Å². The van der Waals surface area contributed by atoms with E-state index in [4.69, 9.17) is 14.1 Å². The molecule has 0 unspecified atom stereocenters. The number of hydrogen-bond donors (Lipinski definition) is 2. The van der Waals surface area contributed by atoms with Crippen LogP contribution in [0.1, 0.15) is 38.1 Å². The minimum Gasteiger partial charge on any atom is -0.495 e. The number of rotatable bonds is 6. The van der Waals surface area contributed by atoms with E-state index in [1.807, 2.05) is 51.2 Å². The predicted molar refractivity (Wildman–Crippen MR) is 131 cm³/mol. The van der Waals surface area contributed by atoms with E-state index < -0.39 is 0 Å². The van der Waals surface area contributed by atoms with Crippen molar-refractivity contribution in [2.75, 3.05) is 24.3 Å². The van der Waals surface area contributed by atoms with Crippen LogP contribution in [-0.4, -0.2) is 33.6 Å². The average molecular weight is 447 g/mol. The lowest BCUT2D eigenvalue weighted by Crippen LogP contribution is -2.20. The highest BCUT2D eigenvalue weighted by Crippen LogP contribution is 2.33. The molecule has 2 N–H and O–H groups in total. The van der Waals surface area contributed by atoms with E-state index in [2.05, 4.69) is 46.4 Å². The molecule has 0 saturated carbocycles. The number of aromatic nitrogens is 4. The van der Waals surface area contributed by atoms with Crippen LogP contribution in [0.5, 0.6) is 5.75 Å². The quantitative estimate of drug-likeness (QED) is 0.383. The van der Waals surface area contributed by atoms with Crippen molar-refractivity contribution in [2.24, 2.45) is 5.41 Å². The van der Waals surface area contributed by atoms with E-state index in [-0.39, 0.29) is 5.41 Å². The van der Waals surface area contributed by atoms with Crippen molar-refractivity contribution in [3.05, 3.63) is 47.8 Å². The van der Waals surface area contributed by atoms with Crippen LogP contribution in [0.3, 0.4) is 0 Å². The number of nitrogens with zero attached hydrogens (tertiary/aromatic N) is 4. The molecule has 0 bridgehead atoms. The number of hydrogen-bond acceptors (Lipinski definition) is 8. The SMILES string of the molecule is COc1cc(-c2nc(C)oc2C)ccc1Nc1ncc2cc(C)nc(NCC(C)(C)C)c2n1. The molecule has 0 amide bonds. The lowest BCUT2D eigenvalue weighted by Gasteiger charge is -2.20. The first-order chi connectivity index (χ1) is 15.6. The van der Waals surface area contributed by atoms with Gasteiger partial charge in [0.2, 0.25) is 5.95 Å². The number of ether oxygens (including phenoxy) is 1. The summed E-state index contributed by atoms with van der Waals surface area (Å²) in [4.78, 5) is 18.4. The summed E-state index contributed by atoms with van der Waals surface area (Å²) in [5.74, 6) is 3.28. The number of pyridine rings is 1. The molecule has 8 nitrogen and oxygen atoms in total. The van der Waals surface area contributed by atoms with Gasteiger partial charge in [0.1, 0.15) is 22.7 Å². The maximum absolute atomic E-state index is 5.63. The van der Waals surface area contributed by atoms with Crippen molar-refractivity contribution in [1.29, 1.82) is 0 Å². The molecule has 0 aliphatic carbocycles. The molecular weight excluding hydrogens is 416 g/mol. The molecule has 0 aliphatic heterocycles. The maximum Gasteiger partial charge on any atom is 0.227 e. The molecule has 8 heteroatoms. The van der Waals surface area contributed by atoms with Crippen molar-refractivity contribution in [3.8, 4) is 17.0 Å². The topological polar surface area (TPSA) is 98.0 Å². The molecule has 0 spiro atoms. The third-order valence-corrected chi connectivity index (χ3v) is 5.11. The van der Waals surface area contributed by atoms with Gasteiger partial charge in [-0.25, -0.2) is 19.9 Å². The second kappa shape index (κ2) is 8.69. The van der Waals surface area contributed by atoms with Crippen LogP contribution in [0.2, 0.25) is 0 Å². The molecule has 33 heavy (non-hydrogen) atoms. The highest BCUT2D eigenvalue weighted by molar-refractivity contribution is 5.89. The van der Waals surface area contributed by atoms with Crippen molar-refractivity contribution < 1.29 is 9.15 Å². The minimum atomic E-state index is 0.113. The van der Waals surface area contributed by atoms with E-state index in [1.165, 1.54) is 0 Å². The van der Waals surface area contributed by atoms with Gasteiger partial charge in [-0.05, 0) is 37.5 Å². The molecule has 0 radical (unpaired) electrons. The summed E-state index contributed by atoms with van der Waals surface area (Å²) in [5, 5.41) is 7.66. The molecule has 4 aromatic rings. The van der Waals surface area contributed by atoms with Crippen molar-refractivity contribution >= 4 is 28.4 Å². The lowest BCUT2D eigenvalue weighted by atomic mass is 9.97. The van der Waals surface area contributed by atoms with Gasteiger partial charge in [-0.2, -0.15) is 0 Å². The summed E-state index contributed by atoms with van der Waals surface area (Å²) >= 11 is 0. The van der Waals surface area contributed by atoms with Gasteiger partial charge in [-0.15, -0.1) is 0 Å². The van der Waals surface area contributed by atoms with E-state index in [0.717, 1.165) is 51.7 Å². The standard InChI is InChI=1S/C25H30N6O2/c1-14-10-18-12-26-24(31-22(18)23(28-14)27-13-25(4,5)6)30-19-9-8-17(11-20(19)32-7)21-15(2)33-16(3)29-21/h8-12H,13H2,1-7H3,(H,27,28)(H,26,30,31). The largest absolute Gasteiger partial charge is 0.495 e. The minimum absolute atomic E-state index is 0.113. The molecule has 0 aliphatic rings. The molecule has 3 heterocycles. The second-order valence-corrected chi connectivity index (χ2v) is 9.34. The molecule has 1 aromatic carbocycles. The smallest absolute Gasteiger partial charge is 0.227 e. The van der Waals surface area contributed by atoms with Crippen molar-refractivity contribution in [1.82, 2.24) is 19.9 Å². The van der Waals surface area contributed by atoms with Gasteiger partial charge in [0.25, 0.3) is 0 Å². The van der Waals surface area contributed by atoms with Crippen LogP contribution in [0.15, 0.2) is 34.9 Å².